The molecular formula is C9H22N2OSi. The van der Waals surface area contributed by atoms with Crippen LogP contribution in [0.1, 0.15) is 33.6 Å². The van der Waals surface area contributed by atoms with Crippen molar-refractivity contribution in [2.45, 2.75) is 40.0 Å². The molecular weight excluding hydrogens is 180 g/mol. The Bertz CT molecular complexity index is 144. The highest BCUT2D eigenvalue weighted by atomic mass is 28.2. The van der Waals surface area contributed by atoms with Gasteiger partial charge in [0, 0.05) is 6.61 Å². The van der Waals surface area contributed by atoms with E-state index in [1.54, 1.807) is 0 Å². The molecule has 1 aliphatic rings. The van der Waals surface area contributed by atoms with Crippen LogP contribution in [0.4, 0.5) is 0 Å². The molecule has 4 heteroatoms. The second kappa shape index (κ2) is 5.75. The summed E-state index contributed by atoms with van der Waals surface area (Å²) in [7, 11) is -0.114. The molecule has 1 aliphatic heterocycles. The molecule has 13 heavy (non-hydrogen) atoms. The summed E-state index contributed by atoms with van der Waals surface area (Å²) in [6, 6.07) is 0. The van der Waals surface area contributed by atoms with Crippen molar-refractivity contribution in [3.8, 4) is 0 Å². The molecule has 1 saturated heterocycles. The van der Waals surface area contributed by atoms with Crippen molar-refractivity contribution in [2.24, 2.45) is 0 Å². The average Bonchev–Trinajstić information content (AvgIpc) is 2.13. The smallest absolute Gasteiger partial charge is 0.179 e. The Morgan fingerprint density at radius 3 is 2.54 bits per heavy atom. The second-order valence-corrected chi connectivity index (χ2v) is 5.40. The van der Waals surface area contributed by atoms with Crippen LogP contribution in [0, 0.1) is 0 Å². The topological polar surface area (TPSA) is 15.7 Å². The number of unbranched alkanes of at least 4 members (excludes halogenated alkanes) is 1. The quantitative estimate of drug-likeness (QED) is 0.591. The van der Waals surface area contributed by atoms with Gasteiger partial charge < -0.3 is 4.74 Å². The van der Waals surface area contributed by atoms with Gasteiger partial charge in [0.05, 0.1) is 0 Å². The highest BCUT2D eigenvalue weighted by Crippen LogP contribution is 2.17. The average molecular weight is 202 g/mol. The van der Waals surface area contributed by atoms with Crippen molar-refractivity contribution in [3.05, 3.63) is 0 Å². The van der Waals surface area contributed by atoms with Crippen LogP contribution in [-0.4, -0.2) is 45.0 Å². The molecule has 78 valence electrons. The molecule has 1 fully saturated rings. The van der Waals surface area contributed by atoms with Gasteiger partial charge in [-0.1, -0.05) is 20.3 Å². The van der Waals surface area contributed by atoms with Crippen LogP contribution in [0.5, 0.6) is 0 Å². The fourth-order valence-electron chi connectivity index (χ4n) is 1.67. The monoisotopic (exact) mass is 202 g/mol. The molecule has 0 amide bonds. The minimum atomic E-state index is -0.114. The third-order valence-electron chi connectivity index (χ3n) is 2.51. The summed E-state index contributed by atoms with van der Waals surface area (Å²) in [5.74, 6) is 0. The Hall–Kier alpha value is 0.0969. The summed E-state index contributed by atoms with van der Waals surface area (Å²) >= 11 is 0. The van der Waals surface area contributed by atoms with E-state index in [9.17, 15) is 0 Å². The Kier molecular flexibility index (Phi) is 4.94. The molecule has 1 rings (SSSR count). The second-order valence-electron chi connectivity index (χ2n) is 3.49. The Morgan fingerprint density at radius 1 is 1.23 bits per heavy atom. The van der Waals surface area contributed by atoms with Gasteiger partial charge in [0.2, 0.25) is 0 Å². The summed E-state index contributed by atoms with van der Waals surface area (Å²) in [5.41, 5.74) is 0. The molecule has 0 saturated carbocycles. The maximum absolute atomic E-state index is 5.68. The van der Waals surface area contributed by atoms with Crippen molar-refractivity contribution in [1.82, 2.24) is 9.13 Å². The summed E-state index contributed by atoms with van der Waals surface area (Å²) in [4.78, 5) is 0. The van der Waals surface area contributed by atoms with Gasteiger partial charge in [0.25, 0.3) is 0 Å². The summed E-state index contributed by atoms with van der Waals surface area (Å²) in [6.07, 6.45) is 2.93. The molecule has 0 radical (unpaired) electrons. The molecule has 0 aromatic carbocycles. The molecule has 0 aliphatic carbocycles. The lowest BCUT2D eigenvalue weighted by Gasteiger charge is -2.49. The van der Waals surface area contributed by atoms with E-state index in [4.69, 9.17) is 4.74 Å². The van der Waals surface area contributed by atoms with Crippen molar-refractivity contribution in [2.75, 3.05) is 19.7 Å². The summed E-state index contributed by atoms with van der Waals surface area (Å²) in [5, 5.41) is 0. The zero-order chi connectivity index (χ0) is 9.68. The molecule has 0 aromatic rings. The largest absolute Gasteiger partial charge is 0.351 e. The van der Waals surface area contributed by atoms with E-state index in [0.717, 1.165) is 13.2 Å². The van der Waals surface area contributed by atoms with Crippen molar-refractivity contribution < 1.29 is 4.74 Å². The van der Waals surface area contributed by atoms with E-state index < -0.39 is 0 Å². The lowest BCUT2D eigenvalue weighted by atomic mass is 10.3. The van der Waals surface area contributed by atoms with Crippen LogP contribution in [0.2, 0.25) is 0 Å². The number of rotatable bonds is 6. The highest BCUT2D eigenvalue weighted by Gasteiger charge is 2.35. The van der Waals surface area contributed by atoms with Gasteiger partial charge in [-0.05, 0) is 26.4 Å². The molecule has 3 nitrogen and oxygen atoms in total. The molecule has 1 unspecified atom stereocenters. The number of nitrogens with zero attached hydrogens (tertiary/aromatic N) is 2. The van der Waals surface area contributed by atoms with Crippen molar-refractivity contribution >= 4 is 9.84 Å². The summed E-state index contributed by atoms with van der Waals surface area (Å²) in [6.45, 7) is 9.76. The third kappa shape index (κ3) is 2.77. The van der Waals surface area contributed by atoms with Crippen LogP contribution in [0.15, 0.2) is 0 Å². The lowest BCUT2D eigenvalue weighted by molar-refractivity contribution is -0.129. The van der Waals surface area contributed by atoms with Crippen LogP contribution in [0.3, 0.4) is 0 Å². The predicted octanol–water partition coefficient (Wildman–Crippen LogP) is 0.743. The zero-order valence-corrected chi connectivity index (χ0v) is 10.5. The van der Waals surface area contributed by atoms with Crippen LogP contribution >= 0.6 is 0 Å². The van der Waals surface area contributed by atoms with E-state index in [1.807, 2.05) is 0 Å². The lowest BCUT2D eigenvalue weighted by Crippen LogP contribution is -2.67. The first-order valence-electron chi connectivity index (χ1n) is 5.43. The highest BCUT2D eigenvalue weighted by molar-refractivity contribution is 6.31. The summed E-state index contributed by atoms with van der Waals surface area (Å²) < 4.78 is 10.7. The van der Waals surface area contributed by atoms with E-state index in [-0.39, 0.29) is 9.84 Å². The normalized spacial score (nSPS) is 26.5. The van der Waals surface area contributed by atoms with Gasteiger partial charge in [0.15, 0.2) is 16.2 Å². The molecule has 1 heterocycles. The minimum Gasteiger partial charge on any atom is -0.351 e. The van der Waals surface area contributed by atoms with Gasteiger partial charge in [-0.2, -0.15) is 0 Å². The molecule has 0 N–H and O–H groups in total. The molecule has 0 spiro atoms. The van der Waals surface area contributed by atoms with E-state index in [1.165, 1.54) is 19.4 Å². The van der Waals surface area contributed by atoms with Gasteiger partial charge in [0.1, 0.15) is 0 Å². The first kappa shape index (κ1) is 11.2. The van der Waals surface area contributed by atoms with Gasteiger partial charge >= 0.3 is 0 Å². The first-order chi connectivity index (χ1) is 6.33. The predicted molar refractivity (Wildman–Crippen MR) is 58.0 cm³/mol. The molecule has 1 atom stereocenters. The van der Waals surface area contributed by atoms with E-state index in [0.29, 0.717) is 6.35 Å². The zero-order valence-electron chi connectivity index (χ0n) is 9.12. The maximum Gasteiger partial charge on any atom is 0.179 e. The van der Waals surface area contributed by atoms with Crippen LogP contribution in [-0.2, 0) is 4.74 Å². The van der Waals surface area contributed by atoms with Crippen molar-refractivity contribution in [1.29, 1.82) is 0 Å². The fraction of sp³-hybridized carbons (Fsp3) is 1.00. The van der Waals surface area contributed by atoms with E-state index >= 15 is 0 Å². The molecule has 0 aromatic heterocycles. The number of hydrogen-bond acceptors (Lipinski definition) is 3. The first-order valence-corrected chi connectivity index (χ1v) is 6.69. The standard InChI is InChI=1S/C9H22N2OSi/c1-4-7-8-11-9(12-6-3)10(5-2)13-11/h9H,4-8,13H2,1-3H3. The number of ether oxygens (including phenoxy) is 1. The van der Waals surface area contributed by atoms with E-state index in [2.05, 4.69) is 29.9 Å². The van der Waals surface area contributed by atoms with Gasteiger partial charge in [-0.3, -0.25) is 9.13 Å². The Morgan fingerprint density at radius 2 is 2.00 bits per heavy atom. The van der Waals surface area contributed by atoms with Crippen LogP contribution < -0.4 is 0 Å². The van der Waals surface area contributed by atoms with Gasteiger partial charge in [-0.25, -0.2) is 0 Å². The van der Waals surface area contributed by atoms with Gasteiger partial charge in [-0.15, -0.1) is 0 Å². The van der Waals surface area contributed by atoms with Crippen molar-refractivity contribution in [3.63, 3.8) is 0 Å². The Balaban J connectivity index is 2.24. The third-order valence-corrected chi connectivity index (χ3v) is 4.62. The molecule has 0 bridgehead atoms. The van der Waals surface area contributed by atoms with Crippen LogP contribution in [0.25, 0.3) is 0 Å². The number of hydrogen-bond donors (Lipinski definition) is 0. The maximum atomic E-state index is 5.68. The fourth-order valence-corrected chi connectivity index (χ4v) is 3.34. The Labute approximate surface area is 84.0 Å². The minimum absolute atomic E-state index is 0.114. The SMILES string of the molecule is CCCCN1[SiH2]N(CC)C1OCC.